The average Bonchev–Trinajstić information content (AvgIpc) is 2.74. The highest BCUT2D eigenvalue weighted by Crippen LogP contribution is 2.39. The van der Waals surface area contributed by atoms with Crippen LogP contribution >= 0.6 is 0 Å². The Hall–Kier alpha value is -3.14. The van der Waals surface area contributed by atoms with Crippen LogP contribution in [0, 0.1) is 0 Å². The monoisotopic (exact) mass is 350 g/mol. The highest BCUT2D eigenvalue weighted by atomic mass is 16.4. The lowest BCUT2D eigenvalue weighted by molar-refractivity contribution is 0.426. The van der Waals surface area contributed by atoms with Crippen molar-refractivity contribution in [2.45, 2.75) is 0 Å². The molecule has 4 aromatic carbocycles. The summed E-state index contributed by atoms with van der Waals surface area (Å²) in [6.45, 7) is 0. The Labute approximate surface area is 159 Å². The van der Waals surface area contributed by atoms with E-state index in [9.17, 15) is 10.0 Å². The fourth-order valence-electron chi connectivity index (χ4n) is 3.51. The second-order valence-electron chi connectivity index (χ2n) is 6.42. The maximum Gasteiger partial charge on any atom is 0.489 e. The SMILES string of the molecule is OB(O)c1ccccc1-c1c(-c2ccccc2)cccc1-c1ccccc1. The normalized spacial score (nSPS) is 10.6. The molecule has 0 atom stereocenters. The van der Waals surface area contributed by atoms with E-state index in [1.54, 1.807) is 6.07 Å². The zero-order valence-electron chi connectivity index (χ0n) is 14.8. The molecule has 4 aromatic rings. The van der Waals surface area contributed by atoms with E-state index < -0.39 is 7.12 Å². The molecule has 130 valence electrons. The Balaban J connectivity index is 2.07. The van der Waals surface area contributed by atoms with Crippen LogP contribution < -0.4 is 5.46 Å². The Morgan fingerprint density at radius 1 is 0.444 bits per heavy atom. The largest absolute Gasteiger partial charge is 0.489 e. The third-order valence-electron chi connectivity index (χ3n) is 4.74. The summed E-state index contributed by atoms with van der Waals surface area (Å²) in [5, 5.41) is 19.9. The average molecular weight is 350 g/mol. The summed E-state index contributed by atoms with van der Waals surface area (Å²) in [6, 6.07) is 34.0. The van der Waals surface area contributed by atoms with Gasteiger partial charge in [0.05, 0.1) is 0 Å². The van der Waals surface area contributed by atoms with Gasteiger partial charge in [-0.3, -0.25) is 0 Å². The molecular formula is C24H19BO2. The third kappa shape index (κ3) is 3.43. The van der Waals surface area contributed by atoms with Crippen molar-refractivity contribution in [2.75, 3.05) is 0 Å². The van der Waals surface area contributed by atoms with Crippen LogP contribution in [0.1, 0.15) is 0 Å². The lowest BCUT2D eigenvalue weighted by atomic mass is 9.73. The predicted molar refractivity (Wildman–Crippen MR) is 113 cm³/mol. The van der Waals surface area contributed by atoms with Gasteiger partial charge in [0.2, 0.25) is 0 Å². The minimum atomic E-state index is -1.53. The molecule has 0 unspecified atom stereocenters. The molecule has 27 heavy (non-hydrogen) atoms. The molecule has 0 spiro atoms. The van der Waals surface area contributed by atoms with E-state index in [2.05, 4.69) is 36.4 Å². The van der Waals surface area contributed by atoms with Crippen molar-refractivity contribution in [3.05, 3.63) is 103 Å². The van der Waals surface area contributed by atoms with Gasteiger partial charge in [0, 0.05) is 0 Å². The van der Waals surface area contributed by atoms with Gasteiger partial charge in [-0.1, -0.05) is 103 Å². The van der Waals surface area contributed by atoms with Gasteiger partial charge in [0.1, 0.15) is 0 Å². The van der Waals surface area contributed by atoms with E-state index in [4.69, 9.17) is 0 Å². The first-order valence-electron chi connectivity index (χ1n) is 8.95. The van der Waals surface area contributed by atoms with Crippen LogP contribution in [0.2, 0.25) is 0 Å². The van der Waals surface area contributed by atoms with Crippen molar-refractivity contribution in [1.82, 2.24) is 0 Å². The van der Waals surface area contributed by atoms with Gasteiger partial charge in [-0.15, -0.1) is 0 Å². The molecule has 4 rings (SSSR count). The predicted octanol–water partition coefficient (Wildman–Crippen LogP) is 4.37. The Kier molecular flexibility index (Phi) is 4.88. The van der Waals surface area contributed by atoms with Crippen LogP contribution in [0.25, 0.3) is 33.4 Å². The van der Waals surface area contributed by atoms with E-state index >= 15 is 0 Å². The summed E-state index contributed by atoms with van der Waals surface area (Å²) < 4.78 is 0. The van der Waals surface area contributed by atoms with Gasteiger partial charge in [-0.2, -0.15) is 0 Å². The van der Waals surface area contributed by atoms with Crippen molar-refractivity contribution < 1.29 is 10.0 Å². The molecule has 3 heteroatoms. The van der Waals surface area contributed by atoms with Gasteiger partial charge < -0.3 is 10.0 Å². The van der Waals surface area contributed by atoms with Crippen LogP contribution in [0.5, 0.6) is 0 Å². The topological polar surface area (TPSA) is 40.5 Å². The molecule has 0 fully saturated rings. The molecule has 0 aliphatic heterocycles. The summed E-state index contributed by atoms with van der Waals surface area (Å²) in [7, 11) is -1.53. The Bertz CT molecular complexity index is 986. The van der Waals surface area contributed by atoms with E-state index in [1.807, 2.05) is 60.7 Å². The number of rotatable bonds is 4. The minimum Gasteiger partial charge on any atom is -0.423 e. The maximum absolute atomic E-state index is 9.94. The van der Waals surface area contributed by atoms with Gasteiger partial charge in [-0.05, 0) is 38.8 Å². The molecule has 0 aliphatic rings. The molecule has 0 aromatic heterocycles. The first kappa shape index (κ1) is 17.3. The molecule has 0 bridgehead atoms. The van der Waals surface area contributed by atoms with Crippen LogP contribution in [-0.2, 0) is 0 Å². The maximum atomic E-state index is 9.94. The summed E-state index contributed by atoms with van der Waals surface area (Å²) in [5.41, 5.74) is 6.62. The summed E-state index contributed by atoms with van der Waals surface area (Å²) >= 11 is 0. The van der Waals surface area contributed by atoms with Crippen molar-refractivity contribution in [1.29, 1.82) is 0 Å². The molecule has 0 saturated heterocycles. The first-order valence-corrected chi connectivity index (χ1v) is 8.95. The Morgan fingerprint density at radius 3 is 1.41 bits per heavy atom. The zero-order valence-corrected chi connectivity index (χ0v) is 14.8. The fourth-order valence-corrected chi connectivity index (χ4v) is 3.51. The quantitative estimate of drug-likeness (QED) is 0.537. The molecule has 2 nitrogen and oxygen atoms in total. The van der Waals surface area contributed by atoms with Crippen LogP contribution in [0.3, 0.4) is 0 Å². The number of hydrogen-bond donors (Lipinski definition) is 2. The number of benzene rings is 4. The van der Waals surface area contributed by atoms with Gasteiger partial charge in [0.25, 0.3) is 0 Å². The molecule has 0 heterocycles. The minimum absolute atomic E-state index is 0.498. The van der Waals surface area contributed by atoms with Crippen molar-refractivity contribution in [2.24, 2.45) is 0 Å². The molecular weight excluding hydrogens is 331 g/mol. The van der Waals surface area contributed by atoms with Crippen molar-refractivity contribution in [3.63, 3.8) is 0 Å². The smallest absolute Gasteiger partial charge is 0.423 e. The molecule has 0 aliphatic carbocycles. The summed E-state index contributed by atoms with van der Waals surface area (Å²) in [4.78, 5) is 0. The van der Waals surface area contributed by atoms with Crippen LogP contribution in [-0.4, -0.2) is 17.2 Å². The summed E-state index contributed by atoms with van der Waals surface area (Å²) in [5.74, 6) is 0. The van der Waals surface area contributed by atoms with Gasteiger partial charge in [0.15, 0.2) is 0 Å². The second kappa shape index (κ2) is 7.62. The molecule has 0 radical (unpaired) electrons. The molecule has 0 saturated carbocycles. The van der Waals surface area contributed by atoms with E-state index in [-0.39, 0.29) is 0 Å². The molecule has 2 N–H and O–H groups in total. The standard InChI is InChI=1S/C24H19BO2/c26-25(27)23-17-8-7-14-22(23)24-20(18-10-3-1-4-11-18)15-9-16-21(24)19-12-5-2-6-13-19/h1-17,26-27H. The third-order valence-corrected chi connectivity index (χ3v) is 4.74. The van der Waals surface area contributed by atoms with Gasteiger partial charge in [-0.25, -0.2) is 0 Å². The number of hydrogen-bond acceptors (Lipinski definition) is 2. The second-order valence-corrected chi connectivity index (χ2v) is 6.42. The van der Waals surface area contributed by atoms with E-state index in [0.29, 0.717) is 5.46 Å². The first-order chi connectivity index (χ1) is 13.3. The highest BCUT2D eigenvalue weighted by Gasteiger charge is 2.21. The zero-order chi connectivity index (χ0) is 18.6. The fraction of sp³-hybridized carbons (Fsp3) is 0. The van der Waals surface area contributed by atoms with Gasteiger partial charge >= 0.3 is 7.12 Å². The lowest BCUT2D eigenvalue weighted by Gasteiger charge is -2.18. The molecule has 0 amide bonds. The van der Waals surface area contributed by atoms with Crippen LogP contribution in [0.15, 0.2) is 103 Å². The van der Waals surface area contributed by atoms with Crippen molar-refractivity contribution in [3.8, 4) is 33.4 Å². The lowest BCUT2D eigenvalue weighted by Crippen LogP contribution is -2.31. The van der Waals surface area contributed by atoms with Crippen molar-refractivity contribution >= 4 is 12.6 Å². The Morgan fingerprint density at radius 2 is 0.889 bits per heavy atom. The summed E-state index contributed by atoms with van der Waals surface area (Å²) in [6.07, 6.45) is 0. The highest BCUT2D eigenvalue weighted by molar-refractivity contribution is 6.60. The van der Waals surface area contributed by atoms with E-state index in [1.165, 1.54) is 0 Å². The van der Waals surface area contributed by atoms with E-state index in [0.717, 1.165) is 33.4 Å². The van der Waals surface area contributed by atoms with Crippen LogP contribution in [0.4, 0.5) is 0 Å².